The molecule has 0 aliphatic rings. The van der Waals surface area contributed by atoms with Crippen molar-refractivity contribution in [3.8, 4) is 0 Å². The van der Waals surface area contributed by atoms with E-state index in [0.29, 0.717) is 12.2 Å². The van der Waals surface area contributed by atoms with Crippen LogP contribution in [0.3, 0.4) is 0 Å². The average Bonchev–Trinajstić information content (AvgIpc) is 3.11. The van der Waals surface area contributed by atoms with Crippen LogP contribution >= 0.6 is 0 Å². The fourth-order valence-corrected chi connectivity index (χ4v) is 3.72. The van der Waals surface area contributed by atoms with Crippen LogP contribution in [0.2, 0.25) is 0 Å². The maximum Gasteiger partial charge on any atom is 0.283 e. The van der Waals surface area contributed by atoms with Gasteiger partial charge in [0, 0.05) is 6.42 Å². The van der Waals surface area contributed by atoms with Gasteiger partial charge in [-0.25, -0.2) is 18.4 Å². The van der Waals surface area contributed by atoms with E-state index < -0.39 is 17.7 Å². The van der Waals surface area contributed by atoms with Crippen LogP contribution in [0.25, 0.3) is 11.0 Å². The first kappa shape index (κ1) is 20.9. The zero-order valence-electron chi connectivity index (χ0n) is 17.9. The number of alkyl halides is 2. The van der Waals surface area contributed by atoms with Crippen molar-refractivity contribution in [1.29, 1.82) is 0 Å². The second-order valence-electron chi connectivity index (χ2n) is 8.02. The summed E-state index contributed by atoms with van der Waals surface area (Å²) in [5.74, 6) is 0.416. The molecule has 1 atom stereocenters. The van der Waals surface area contributed by atoms with Crippen molar-refractivity contribution in [1.82, 2.24) is 19.7 Å². The lowest BCUT2D eigenvalue weighted by atomic mass is 10.0. The fourth-order valence-electron chi connectivity index (χ4n) is 3.72. The summed E-state index contributed by atoms with van der Waals surface area (Å²) in [5, 5.41) is 3.95. The smallest absolute Gasteiger partial charge is 0.283 e. The number of nitrogens with zero attached hydrogens (tertiary/aromatic N) is 3. The van der Waals surface area contributed by atoms with Gasteiger partial charge in [-0.05, 0) is 49.9 Å². The molecule has 0 aliphatic carbocycles. The van der Waals surface area contributed by atoms with Crippen molar-refractivity contribution in [2.45, 2.75) is 46.6 Å². The van der Waals surface area contributed by atoms with E-state index in [1.54, 1.807) is 0 Å². The fraction of sp³-hybridized carbons (Fsp3) is 0.292. The zero-order valence-corrected chi connectivity index (χ0v) is 17.9. The molecule has 0 radical (unpaired) electrons. The third-order valence-corrected chi connectivity index (χ3v) is 5.71. The standard InChI is InChI=1S/C24H24F2N4O/c1-13-5-9-18(10-6-13)16(4)30-23-20(21(29-30)22(25)26)24(31)28-19(27-23)12-17-8-7-14(2)15(3)11-17/h5-11,16,22H,12H2,1-4H3,(H,27,28,31)/t16-/m1/s1. The molecule has 0 unspecified atom stereocenters. The largest absolute Gasteiger partial charge is 0.310 e. The lowest BCUT2D eigenvalue weighted by Gasteiger charge is -2.14. The molecule has 4 aromatic rings. The summed E-state index contributed by atoms with van der Waals surface area (Å²) in [7, 11) is 0. The van der Waals surface area contributed by atoms with Crippen LogP contribution in [0.1, 0.15) is 58.7 Å². The molecule has 0 bridgehead atoms. The number of rotatable bonds is 5. The number of aromatic nitrogens is 4. The van der Waals surface area contributed by atoms with Gasteiger partial charge in [-0.15, -0.1) is 0 Å². The van der Waals surface area contributed by atoms with Gasteiger partial charge in [-0.3, -0.25) is 4.79 Å². The summed E-state index contributed by atoms with van der Waals surface area (Å²) in [6.45, 7) is 7.89. The van der Waals surface area contributed by atoms with Crippen molar-refractivity contribution in [2.24, 2.45) is 0 Å². The van der Waals surface area contributed by atoms with E-state index in [0.717, 1.165) is 22.3 Å². The topological polar surface area (TPSA) is 63.6 Å². The number of H-pyrrole nitrogens is 1. The molecule has 7 heteroatoms. The Morgan fingerprint density at radius 1 is 1.03 bits per heavy atom. The minimum atomic E-state index is -2.87. The second-order valence-corrected chi connectivity index (χ2v) is 8.02. The predicted octanol–water partition coefficient (Wildman–Crippen LogP) is 5.18. The van der Waals surface area contributed by atoms with E-state index in [-0.39, 0.29) is 17.1 Å². The Balaban J connectivity index is 1.84. The number of benzene rings is 2. The van der Waals surface area contributed by atoms with Crippen LogP contribution < -0.4 is 5.56 Å². The summed E-state index contributed by atoms with van der Waals surface area (Å²) >= 11 is 0. The zero-order chi connectivity index (χ0) is 22.3. The number of hydrogen-bond acceptors (Lipinski definition) is 3. The summed E-state index contributed by atoms with van der Waals surface area (Å²) in [4.78, 5) is 20.0. The van der Waals surface area contributed by atoms with Gasteiger partial charge in [0.05, 0.1) is 6.04 Å². The van der Waals surface area contributed by atoms with Gasteiger partial charge in [-0.1, -0.05) is 48.0 Å². The molecular formula is C24H24F2N4O. The third kappa shape index (κ3) is 4.00. The molecule has 160 valence electrons. The molecule has 0 fully saturated rings. The van der Waals surface area contributed by atoms with Crippen LogP contribution in [0, 0.1) is 20.8 Å². The average molecular weight is 422 g/mol. The highest BCUT2D eigenvalue weighted by Crippen LogP contribution is 2.28. The van der Waals surface area contributed by atoms with Crippen molar-refractivity contribution in [3.63, 3.8) is 0 Å². The van der Waals surface area contributed by atoms with E-state index in [1.807, 2.05) is 70.2 Å². The van der Waals surface area contributed by atoms with Gasteiger partial charge in [0.15, 0.2) is 5.65 Å². The van der Waals surface area contributed by atoms with Crippen LogP contribution in [0.15, 0.2) is 47.3 Å². The SMILES string of the molecule is Cc1ccc([C@@H](C)n2nc(C(F)F)c3c(=O)[nH]c(Cc4ccc(C)c(C)c4)nc32)cc1. The number of hydrogen-bond donors (Lipinski definition) is 1. The Morgan fingerprint density at radius 2 is 1.74 bits per heavy atom. The molecule has 0 amide bonds. The Kier molecular flexibility index (Phi) is 5.43. The molecule has 2 aromatic heterocycles. The Bertz CT molecular complexity index is 1310. The van der Waals surface area contributed by atoms with Crippen molar-refractivity contribution in [3.05, 3.63) is 92.2 Å². The first-order chi connectivity index (χ1) is 14.7. The predicted molar refractivity (Wildman–Crippen MR) is 117 cm³/mol. The number of halogens is 2. The van der Waals surface area contributed by atoms with E-state index in [9.17, 15) is 13.6 Å². The second kappa shape index (κ2) is 8.06. The summed E-state index contributed by atoms with van der Waals surface area (Å²) in [6.07, 6.45) is -2.48. The van der Waals surface area contributed by atoms with Crippen LogP contribution in [-0.4, -0.2) is 19.7 Å². The van der Waals surface area contributed by atoms with Gasteiger partial charge < -0.3 is 4.98 Å². The molecular weight excluding hydrogens is 398 g/mol. The summed E-state index contributed by atoms with van der Waals surface area (Å²) < 4.78 is 28.8. The van der Waals surface area contributed by atoms with Gasteiger partial charge >= 0.3 is 0 Å². The van der Waals surface area contributed by atoms with Crippen LogP contribution in [0.4, 0.5) is 8.78 Å². The molecule has 0 saturated carbocycles. The maximum atomic E-state index is 13.7. The highest BCUT2D eigenvalue weighted by Gasteiger charge is 2.25. The third-order valence-electron chi connectivity index (χ3n) is 5.71. The minimum Gasteiger partial charge on any atom is -0.310 e. The quantitative estimate of drug-likeness (QED) is 0.482. The van der Waals surface area contributed by atoms with Crippen molar-refractivity contribution in [2.75, 3.05) is 0 Å². The first-order valence-electron chi connectivity index (χ1n) is 10.2. The van der Waals surface area contributed by atoms with E-state index in [1.165, 1.54) is 10.2 Å². The summed E-state index contributed by atoms with van der Waals surface area (Å²) in [5.41, 5.74) is 4.32. The molecule has 2 heterocycles. The number of nitrogens with one attached hydrogen (secondary N) is 1. The Labute approximate surface area is 178 Å². The van der Waals surface area contributed by atoms with Gasteiger partial charge in [0.1, 0.15) is 16.9 Å². The minimum absolute atomic E-state index is 0.155. The van der Waals surface area contributed by atoms with Crippen LogP contribution in [0.5, 0.6) is 0 Å². The number of aromatic amines is 1. The molecule has 5 nitrogen and oxygen atoms in total. The number of aryl methyl sites for hydroxylation is 3. The van der Waals surface area contributed by atoms with E-state index >= 15 is 0 Å². The monoisotopic (exact) mass is 422 g/mol. The molecule has 0 saturated heterocycles. The van der Waals surface area contributed by atoms with Crippen LogP contribution in [-0.2, 0) is 6.42 Å². The van der Waals surface area contributed by atoms with Crippen molar-refractivity contribution >= 4 is 11.0 Å². The maximum absolute atomic E-state index is 13.7. The Morgan fingerprint density at radius 3 is 2.39 bits per heavy atom. The first-order valence-corrected chi connectivity index (χ1v) is 10.2. The Hall–Kier alpha value is -3.35. The molecule has 0 spiro atoms. The molecule has 2 aromatic carbocycles. The van der Waals surface area contributed by atoms with E-state index in [2.05, 4.69) is 15.1 Å². The summed E-state index contributed by atoms with van der Waals surface area (Å²) in [6, 6.07) is 13.4. The lowest BCUT2D eigenvalue weighted by Crippen LogP contribution is -2.15. The number of fused-ring (bicyclic) bond motifs is 1. The highest BCUT2D eigenvalue weighted by molar-refractivity contribution is 5.78. The van der Waals surface area contributed by atoms with Crippen molar-refractivity contribution < 1.29 is 8.78 Å². The van der Waals surface area contributed by atoms with Gasteiger partial charge in [0.25, 0.3) is 12.0 Å². The van der Waals surface area contributed by atoms with Gasteiger partial charge in [0.2, 0.25) is 0 Å². The highest BCUT2D eigenvalue weighted by atomic mass is 19.3. The molecule has 4 rings (SSSR count). The normalized spacial score (nSPS) is 12.6. The molecule has 0 aliphatic heterocycles. The van der Waals surface area contributed by atoms with E-state index in [4.69, 9.17) is 0 Å². The lowest BCUT2D eigenvalue weighted by molar-refractivity contribution is 0.146. The molecule has 1 N–H and O–H groups in total. The van der Waals surface area contributed by atoms with Gasteiger partial charge in [-0.2, -0.15) is 5.10 Å². The molecule has 31 heavy (non-hydrogen) atoms.